The third kappa shape index (κ3) is 3.07. The highest BCUT2D eigenvalue weighted by atomic mass is 32.2. The number of nitrogens with zero attached hydrogens (tertiary/aromatic N) is 1. The molecule has 6 heteroatoms. The van der Waals surface area contributed by atoms with E-state index in [1.165, 1.54) is 15.8 Å². The van der Waals surface area contributed by atoms with E-state index >= 15 is 0 Å². The first-order valence-corrected chi connectivity index (χ1v) is 8.14. The summed E-state index contributed by atoms with van der Waals surface area (Å²) in [5.74, 6) is -0.303. The zero-order chi connectivity index (χ0) is 13.3. The van der Waals surface area contributed by atoms with Gasteiger partial charge in [0.2, 0.25) is 11.0 Å². The lowest BCUT2D eigenvalue weighted by Crippen LogP contribution is -2.32. The summed E-state index contributed by atoms with van der Waals surface area (Å²) in [5.41, 5.74) is 5.54. The maximum absolute atomic E-state index is 10.6. The number of rotatable bonds is 4. The molecule has 0 aliphatic carbocycles. The van der Waals surface area contributed by atoms with Crippen molar-refractivity contribution in [1.82, 2.24) is 0 Å². The van der Waals surface area contributed by atoms with Gasteiger partial charge in [-0.2, -0.15) is 4.57 Å². The Kier molecular flexibility index (Phi) is 3.70. The van der Waals surface area contributed by atoms with Crippen molar-refractivity contribution in [2.45, 2.75) is 26.8 Å². The maximum Gasteiger partial charge on any atom is 0.225 e. The Morgan fingerprint density at radius 1 is 1.28 bits per heavy atom. The van der Waals surface area contributed by atoms with Crippen LogP contribution in [0.3, 0.4) is 0 Å². The van der Waals surface area contributed by atoms with Gasteiger partial charge in [-0.05, 0) is 31.0 Å². The van der Waals surface area contributed by atoms with E-state index in [9.17, 15) is 13.0 Å². The zero-order valence-corrected chi connectivity index (χ0v) is 12.0. The first kappa shape index (κ1) is 13.5. The number of benzene rings is 1. The van der Waals surface area contributed by atoms with Crippen LogP contribution in [-0.4, -0.2) is 18.7 Å². The number of aromatic nitrogens is 1. The van der Waals surface area contributed by atoms with E-state index in [0.29, 0.717) is 13.0 Å². The van der Waals surface area contributed by atoms with Crippen LogP contribution in [0.15, 0.2) is 17.6 Å². The Labute approximate surface area is 111 Å². The minimum atomic E-state index is -4.11. The van der Waals surface area contributed by atoms with Crippen molar-refractivity contribution >= 4 is 31.7 Å². The quantitative estimate of drug-likeness (QED) is 0.635. The van der Waals surface area contributed by atoms with E-state index in [-0.39, 0.29) is 5.75 Å². The molecule has 2 aromatic rings. The summed E-state index contributed by atoms with van der Waals surface area (Å²) in [6, 6.07) is 4.24. The van der Waals surface area contributed by atoms with Gasteiger partial charge in [0.25, 0.3) is 0 Å². The molecule has 0 unspecified atom stereocenters. The summed E-state index contributed by atoms with van der Waals surface area (Å²) in [6.45, 7) is 4.69. The Bertz CT molecular complexity index is 674. The van der Waals surface area contributed by atoms with E-state index < -0.39 is 10.1 Å². The molecule has 18 heavy (non-hydrogen) atoms. The highest BCUT2D eigenvalue weighted by Gasteiger charge is 2.13. The third-order valence-electron chi connectivity index (χ3n) is 2.98. The molecule has 0 saturated heterocycles. The fourth-order valence-electron chi connectivity index (χ4n) is 1.86. The van der Waals surface area contributed by atoms with Crippen LogP contribution >= 0.6 is 11.3 Å². The Hall–Kier alpha value is -0.980. The highest BCUT2D eigenvalue weighted by Crippen LogP contribution is 2.20. The van der Waals surface area contributed by atoms with Crippen LogP contribution in [0.25, 0.3) is 10.2 Å². The molecule has 1 heterocycles. The highest BCUT2D eigenvalue weighted by molar-refractivity contribution is 7.85. The van der Waals surface area contributed by atoms with Crippen LogP contribution in [0.1, 0.15) is 17.5 Å². The van der Waals surface area contributed by atoms with Crippen LogP contribution in [0, 0.1) is 13.8 Å². The molecular weight excluding hydrogens is 270 g/mol. The topological polar surface area (TPSA) is 61.1 Å². The minimum Gasteiger partial charge on any atom is -0.748 e. The van der Waals surface area contributed by atoms with E-state index in [4.69, 9.17) is 0 Å². The van der Waals surface area contributed by atoms with Crippen molar-refractivity contribution in [2.75, 3.05) is 5.75 Å². The van der Waals surface area contributed by atoms with E-state index in [1.807, 2.05) is 10.1 Å². The molecule has 0 N–H and O–H groups in total. The average Bonchev–Trinajstić information content (AvgIpc) is 2.60. The van der Waals surface area contributed by atoms with Gasteiger partial charge in [-0.25, -0.2) is 8.42 Å². The Morgan fingerprint density at radius 3 is 2.61 bits per heavy atom. The van der Waals surface area contributed by atoms with Crippen LogP contribution in [0.5, 0.6) is 0 Å². The predicted octanol–water partition coefficient (Wildman–Crippen LogP) is 1.74. The number of thiazole rings is 1. The summed E-state index contributed by atoms with van der Waals surface area (Å²) in [4.78, 5) is 0. The average molecular weight is 285 g/mol. The van der Waals surface area contributed by atoms with Gasteiger partial charge in [-0.3, -0.25) is 0 Å². The van der Waals surface area contributed by atoms with Crippen LogP contribution in [-0.2, 0) is 16.7 Å². The fourth-order valence-corrected chi connectivity index (χ4v) is 3.34. The number of hydrogen-bond donors (Lipinski definition) is 0. The molecule has 4 nitrogen and oxygen atoms in total. The van der Waals surface area contributed by atoms with Gasteiger partial charge in [0.1, 0.15) is 4.70 Å². The molecule has 0 spiro atoms. The first-order valence-electron chi connectivity index (χ1n) is 5.68. The molecule has 98 valence electrons. The summed E-state index contributed by atoms with van der Waals surface area (Å²) in [7, 11) is -4.11. The smallest absolute Gasteiger partial charge is 0.225 e. The van der Waals surface area contributed by atoms with Crippen LogP contribution in [0.2, 0.25) is 0 Å². The van der Waals surface area contributed by atoms with Gasteiger partial charge in [-0.15, -0.1) is 0 Å². The van der Waals surface area contributed by atoms with Gasteiger partial charge in [0.15, 0.2) is 6.54 Å². The van der Waals surface area contributed by atoms with Crippen LogP contribution < -0.4 is 4.57 Å². The van der Waals surface area contributed by atoms with E-state index in [1.54, 1.807) is 11.3 Å². The molecule has 0 atom stereocenters. The molecular formula is C12H15NO3S2. The minimum absolute atomic E-state index is 0.303. The largest absolute Gasteiger partial charge is 0.748 e. The standard InChI is InChI=1S/C12H15NO3S2/c1-9-6-11-12(7-10(9)2)17-8-13(11)4-3-5-18(14,15)16/h6-8H,3-5H2,1-2H3. The first-order chi connectivity index (χ1) is 8.37. The lowest BCUT2D eigenvalue weighted by molar-refractivity contribution is -0.667. The molecule has 0 aliphatic heterocycles. The van der Waals surface area contributed by atoms with Gasteiger partial charge >= 0.3 is 0 Å². The van der Waals surface area contributed by atoms with E-state index in [0.717, 1.165) is 5.52 Å². The van der Waals surface area contributed by atoms with Gasteiger partial charge in [0.05, 0.1) is 10.1 Å². The third-order valence-corrected chi connectivity index (χ3v) is 4.71. The van der Waals surface area contributed by atoms with Crippen molar-refractivity contribution in [3.63, 3.8) is 0 Å². The van der Waals surface area contributed by atoms with Crippen molar-refractivity contribution < 1.29 is 17.5 Å². The molecule has 0 amide bonds. The lowest BCUT2D eigenvalue weighted by atomic mass is 10.1. The van der Waals surface area contributed by atoms with Gasteiger partial charge < -0.3 is 4.55 Å². The van der Waals surface area contributed by atoms with Crippen molar-refractivity contribution in [1.29, 1.82) is 0 Å². The molecule has 1 aromatic carbocycles. The summed E-state index contributed by atoms with van der Waals surface area (Å²) in [5, 5.41) is 0. The van der Waals surface area contributed by atoms with Crippen molar-refractivity contribution in [3.8, 4) is 0 Å². The van der Waals surface area contributed by atoms with Crippen molar-refractivity contribution in [3.05, 3.63) is 28.8 Å². The monoisotopic (exact) mass is 285 g/mol. The fraction of sp³-hybridized carbons (Fsp3) is 0.417. The van der Waals surface area contributed by atoms with E-state index in [2.05, 4.69) is 26.0 Å². The van der Waals surface area contributed by atoms with Gasteiger partial charge in [0, 0.05) is 18.2 Å². The second-order valence-electron chi connectivity index (χ2n) is 4.44. The maximum atomic E-state index is 10.6. The second-order valence-corrected chi connectivity index (χ2v) is 6.85. The summed E-state index contributed by atoms with van der Waals surface area (Å²) < 4.78 is 34.9. The van der Waals surface area contributed by atoms with Crippen molar-refractivity contribution in [2.24, 2.45) is 0 Å². The normalized spacial score (nSPS) is 12.2. The second kappa shape index (κ2) is 4.95. The number of aryl methyl sites for hydroxylation is 3. The predicted molar refractivity (Wildman–Crippen MR) is 70.7 cm³/mol. The molecule has 0 fully saturated rings. The number of hydrogen-bond acceptors (Lipinski definition) is 4. The Morgan fingerprint density at radius 2 is 1.94 bits per heavy atom. The molecule has 0 aliphatic rings. The summed E-state index contributed by atoms with van der Waals surface area (Å²) >= 11 is 1.63. The molecule has 1 aromatic heterocycles. The van der Waals surface area contributed by atoms with Crippen LogP contribution in [0.4, 0.5) is 0 Å². The molecule has 2 rings (SSSR count). The molecule has 0 radical (unpaired) electrons. The summed E-state index contributed by atoms with van der Waals surface area (Å²) in [6.07, 6.45) is 0.356. The van der Waals surface area contributed by atoms with Gasteiger partial charge in [-0.1, -0.05) is 11.3 Å². The Balaban J connectivity index is 2.22. The SMILES string of the molecule is Cc1cc2sc[n+](CCCS(=O)(=O)[O-])c2cc1C. The lowest BCUT2D eigenvalue weighted by Gasteiger charge is -2.03. The zero-order valence-electron chi connectivity index (χ0n) is 10.3. The molecule has 0 saturated carbocycles. The number of fused-ring (bicyclic) bond motifs is 1. The molecule has 0 bridgehead atoms.